The maximum Gasteiger partial charge on any atom is 0.253 e. The van der Waals surface area contributed by atoms with E-state index in [1.165, 1.54) is 11.8 Å². The predicted octanol–water partition coefficient (Wildman–Crippen LogP) is 5.39. The van der Waals surface area contributed by atoms with E-state index in [-0.39, 0.29) is 23.6 Å². The van der Waals surface area contributed by atoms with Gasteiger partial charge in [-0.25, -0.2) is 0 Å². The third kappa shape index (κ3) is 6.27. The van der Waals surface area contributed by atoms with Gasteiger partial charge in [0.2, 0.25) is 5.91 Å². The van der Waals surface area contributed by atoms with Crippen LogP contribution in [-0.4, -0.2) is 32.3 Å². The highest BCUT2D eigenvalue weighted by atomic mass is 127. The molecule has 1 atom stereocenters. The molecule has 7 nitrogen and oxygen atoms in total. The molecule has 0 saturated heterocycles. The fourth-order valence-corrected chi connectivity index (χ4v) is 5.39. The third-order valence-electron chi connectivity index (χ3n) is 5.01. The lowest BCUT2D eigenvalue weighted by Gasteiger charge is -2.16. The number of hydrogen-bond donors (Lipinski definition) is 2. The predicted molar refractivity (Wildman–Crippen MR) is 141 cm³/mol. The molecule has 0 aliphatic carbocycles. The highest BCUT2D eigenvalue weighted by Crippen LogP contribution is 2.25. The lowest BCUT2D eigenvalue weighted by atomic mass is 10.1. The SMILES string of the molecule is CCn1c(SCC(=O)Nc2c(C)cc(I)cc2C)nnc1C(C)NC(=O)c1ccccc1Cl. The molecule has 2 aromatic carbocycles. The van der Waals surface area contributed by atoms with E-state index >= 15 is 0 Å². The van der Waals surface area contributed by atoms with Crippen LogP contribution in [0.3, 0.4) is 0 Å². The van der Waals surface area contributed by atoms with Gasteiger partial charge in [-0.2, -0.15) is 0 Å². The van der Waals surface area contributed by atoms with Gasteiger partial charge in [-0.3, -0.25) is 9.59 Å². The minimum atomic E-state index is -0.388. The molecule has 2 amide bonds. The van der Waals surface area contributed by atoms with Gasteiger partial charge in [-0.1, -0.05) is 35.5 Å². The van der Waals surface area contributed by atoms with Crippen molar-refractivity contribution < 1.29 is 9.59 Å². The minimum absolute atomic E-state index is 0.111. The average molecular weight is 598 g/mol. The highest BCUT2D eigenvalue weighted by Gasteiger charge is 2.21. The maximum atomic E-state index is 12.6. The number of thioether (sulfide) groups is 1. The summed E-state index contributed by atoms with van der Waals surface area (Å²) in [5, 5.41) is 15.5. The van der Waals surface area contributed by atoms with Crippen molar-refractivity contribution in [2.24, 2.45) is 0 Å². The topological polar surface area (TPSA) is 88.9 Å². The van der Waals surface area contributed by atoms with Crippen molar-refractivity contribution >= 4 is 63.5 Å². The number of halogens is 2. The first-order valence-electron chi connectivity index (χ1n) is 10.4. The van der Waals surface area contributed by atoms with E-state index in [0.29, 0.717) is 28.1 Å². The van der Waals surface area contributed by atoms with Crippen molar-refractivity contribution in [3.05, 3.63) is 67.5 Å². The Morgan fingerprint density at radius 2 is 1.85 bits per heavy atom. The molecule has 33 heavy (non-hydrogen) atoms. The second-order valence-corrected chi connectivity index (χ2v) is 10.1. The van der Waals surface area contributed by atoms with E-state index < -0.39 is 0 Å². The standard InChI is InChI=1S/C23H25ClIN5O2S/c1-5-30-21(15(4)26-22(32)17-8-6-7-9-18(17)24)28-29-23(30)33-12-19(31)27-20-13(2)10-16(25)11-14(20)3/h6-11,15H,5,12H2,1-4H3,(H,26,32)(H,27,31). The fraction of sp³-hybridized carbons (Fsp3) is 0.304. The van der Waals surface area contributed by atoms with Crippen molar-refractivity contribution in [2.45, 2.75) is 45.4 Å². The first-order valence-corrected chi connectivity index (χ1v) is 12.8. The number of nitrogens with zero attached hydrogens (tertiary/aromatic N) is 3. The number of rotatable bonds is 8. The first-order chi connectivity index (χ1) is 15.7. The van der Waals surface area contributed by atoms with Crippen molar-refractivity contribution in [1.82, 2.24) is 20.1 Å². The molecule has 3 rings (SSSR count). The molecule has 0 saturated carbocycles. The second-order valence-electron chi connectivity index (χ2n) is 7.51. The molecule has 0 spiro atoms. The van der Waals surface area contributed by atoms with Crippen LogP contribution in [0.25, 0.3) is 0 Å². The maximum absolute atomic E-state index is 12.6. The van der Waals surface area contributed by atoms with E-state index in [4.69, 9.17) is 11.6 Å². The molecule has 1 unspecified atom stereocenters. The summed E-state index contributed by atoms with van der Waals surface area (Å²) in [4.78, 5) is 25.2. The number of anilines is 1. The summed E-state index contributed by atoms with van der Waals surface area (Å²) in [7, 11) is 0. The van der Waals surface area contributed by atoms with Gasteiger partial charge in [0.25, 0.3) is 5.91 Å². The Bertz CT molecular complexity index is 1160. The molecule has 0 bridgehead atoms. The van der Waals surface area contributed by atoms with Crippen LogP contribution in [0.2, 0.25) is 5.02 Å². The zero-order valence-electron chi connectivity index (χ0n) is 18.8. The summed E-state index contributed by atoms with van der Waals surface area (Å²) in [6, 6.07) is 10.6. The van der Waals surface area contributed by atoms with Crippen LogP contribution in [-0.2, 0) is 11.3 Å². The van der Waals surface area contributed by atoms with E-state index in [9.17, 15) is 9.59 Å². The number of nitrogens with one attached hydrogen (secondary N) is 2. The smallest absolute Gasteiger partial charge is 0.253 e. The molecule has 0 fully saturated rings. The van der Waals surface area contributed by atoms with Crippen LogP contribution in [0, 0.1) is 17.4 Å². The van der Waals surface area contributed by atoms with Gasteiger partial charge < -0.3 is 15.2 Å². The quantitative estimate of drug-likeness (QED) is 0.268. The van der Waals surface area contributed by atoms with Crippen LogP contribution >= 0.6 is 46.0 Å². The van der Waals surface area contributed by atoms with Crippen molar-refractivity contribution in [2.75, 3.05) is 11.1 Å². The largest absolute Gasteiger partial charge is 0.342 e. The average Bonchev–Trinajstić information content (AvgIpc) is 3.18. The van der Waals surface area contributed by atoms with E-state index in [1.807, 2.05) is 44.4 Å². The van der Waals surface area contributed by atoms with Gasteiger partial charge in [0, 0.05) is 15.8 Å². The highest BCUT2D eigenvalue weighted by molar-refractivity contribution is 14.1. The zero-order chi connectivity index (χ0) is 24.1. The molecule has 0 aliphatic heterocycles. The lowest BCUT2D eigenvalue weighted by molar-refractivity contribution is -0.113. The number of carbonyl (C=O) groups excluding carboxylic acids is 2. The number of aryl methyl sites for hydroxylation is 2. The summed E-state index contributed by atoms with van der Waals surface area (Å²) in [6.07, 6.45) is 0. The number of carbonyl (C=O) groups is 2. The summed E-state index contributed by atoms with van der Waals surface area (Å²) in [5.74, 6) is 0.420. The monoisotopic (exact) mass is 597 g/mol. The van der Waals surface area contributed by atoms with E-state index in [1.54, 1.807) is 24.3 Å². The minimum Gasteiger partial charge on any atom is -0.342 e. The molecular formula is C23H25ClIN5O2S. The Morgan fingerprint density at radius 3 is 2.48 bits per heavy atom. The van der Waals surface area contributed by atoms with Crippen LogP contribution in [0.1, 0.15) is 47.2 Å². The van der Waals surface area contributed by atoms with Crippen molar-refractivity contribution in [3.63, 3.8) is 0 Å². The summed E-state index contributed by atoms with van der Waals surface area (Å²) >= 11 is 9.71. The number of amides is 2. The molecule has 0 aliphatic rings. The van der Waals surface area contributed by atoms with E-state index in [2.05, 4.69) is 43.4 Å². The van der Waals surface area contributed by atoms with E-state index in [0.717, 1.165) is 20.4 Å². The molecular weight excluding hydrogens is 573 g/mol. The Morgan fingerprint density at radius 1 is 1.18 bits per heavy atom. The van der Waals surface area contributed by atoms with Crippen LogP contribution in [0.15, 0.2) is 41.6 Å². The lowest BCUT2D eigenvalue weighted by Crippen LogP contribution is -2.29. The Balaban J connectivity index is 1.66. The van der Waals surface area contributed by atoms with Gasteiger partial charge in [0.05, 0.1) is 22.4 Å². The van der Waals surface area contributed by atoms with Gasteiger partial charge in [-0.05, 0) is 85.7 Å². The Kier molecular flexibility index (Phi) is 8.77. The molecule has 10 heteroatoms. The van der Waals surface area contributed by atoms with Crippen LogP contribution < -0.4 is 10.6 Å². The van der Waals surface area contributed by atoms with Crippen LogP contribution in [0.5, 0.6) is 0 Å². The van der Waals surface area contributed by atoms with Crippen molar-refractivity contribution in [3.8, 4) is 0 Å². The summed E-state index contributed by atoms with van der Waals surface area (Å²) in [5.41, 5.74) is 3.30. The van der Waals surface area contributed by atoms with Gasteiger partial charge >= 0.3 is 0 Å². The molecule has 3 aromatic rings. The van der Waals surface area contributed by atoms with Gasteiger partial charge in [0.1, 0.15) is 0 Å². The molecule has 2 N–H and O–H groups in total. The second kappa shape index (κ2) is 11.3. The first kappa shape index (κ1) is 25.5. The molecule has 1 heterocycles. The molecule has 1 aromatic heterocycles. The number of aromatic nitrogens is 3. The number of benzene rings is 2. The van der Waals surface area contributed by atoms with Crippen molar-refractivity contribution in [1.29, 1.82) is 0 Å². The number of hydrogen-bond acceptors (Lipinski definition) is 5. The summed E-state index contributed by atoms with van der Waals surface area (Å²) < 4.78 is 3.03. The summed E-state index contributed by atoms with van der Waals surface area (Å²) in [6.45, 7) is 8.38. The van der Waals surface area contributed by atoms with Gasteiger partial charge in [-0.15, -0.1) is 10.2 Å². The normalized spacial score (nSPS) is 11.8. The van der Waals surface area contributed by atoms with Gasteiger partial charge in [0.15, 0.2) is 11.0 Å². The van der Waals surface area contributed by atoms with Crippen LogP contribution in [0.4, 0.5) is 5.69 Å². The fourth-order valence-electron chi connectivity index (χ4n) is 3.42. The molecule has 0 radical (unpaired) electrons. The Hall–Kier alpha value is -2.11. The zero-order valence-corrected chi connectivity index (χ0v) is 22.5. The third-order valence-corrected chi connectivity index (χ3v) is 6.93. The Labute approximate surface area is 216 Å². The molecule has 174 valence electrons.